The lowest BCUT2D eigenvalue weighted by Crippen LogP contribution is -2.15. The van der Waals surface area contributed by atoms with E-state index in [9.17, 15) is 9.59 Å². The lowest BCUT2D eigenvalue weighted by Gasteiger charge is -2.12. The fraction of sp³-hybridized carbons (Fsp3) is 0.150. The van der Waals surface area contributed by atoms with Crippen LogP contribution in [-0.2, 0) is 4.79 Å². The minimum Gasteiger partial charge on any atom is -0.497 e. The largest absolute Gasteiger partial charge is 0.497 e. The molecule has 2 aromatic carbocycles. The number of thiazole rings is 1. The van der Waals surface area contributed by atoms with Gasteiger partial charge in [0.1, 0.15) is 22.2 Å². The molecule has 0 saturated heterocycles. The highest BCUT2D eigenvalue weighted by Gasteiger charge is 2.16. The van der Waals surface area contributed by atoms with E-state index >= 15 is 0 Å². The number of aromatic nitrogens is 1. The first-order valence-corrected chi connectivity index (χ1v) is 9.25. The molecule has 0 aliphatic heterocycles. The second-order valence-corrected chi connectivity index (χ2v) is 6.64. The van der Waals surface area contributed by atoms with E-state index in [1.54, 1.807) is 30.7 Å². The van der Waals surface area contributed by atoms with Crippen LogP contribution in [0.3, 0.4) is 0 Å². The van der Waals surface area contributed by atoms with Crippen LogP contribution in [0.1, 0.15) is 17.4 Å². The number of carbonyl (C=O) groups is 2. The molecule has 0 aliphatic rings. The second-order valence-electron chi connectivity index (χ2n) is 5.79. The summed E-state index contributed by atoms with van der Waals surface area (Å²) in [5.74, 6) is 0.604. The van der Waals surface area contributed by atoms with Crippen molar-refractivity contribution in [1.29, 1.82) is 0 Å². The Bertz CT molecular complexity index is 1020. The molecule has 0 fully saturated rings. The van der Waals surface area contributed by atoms with Crippen LogP contribution in [0.25, 0.3) is 10.6 Å². The summed E-state index contributed by atoms with van der Waals surface area (Å²) >= 11 is 1.35. The van der Waals surface area contributed by atoms with Gasteiger partial charge in [0.15, 0.2) is 0 Å². The molecule has 0 spiro atoms. The zero-order valence-electron chi connectivity index (χ0n) is 15.6. The predicted molar refractivity (Wildman–Crippen MR) is 109 cm³/mol. The average molecular weight is 397 g/mol. The minimum absolute atomic E-state index is 0.243. The number of nitrogens with zero attached hydrogens (tertiary/aromatic N) is 1. The smallest absolute Gasteiger partial charge is 0.275 e. The molecule has 0 bridgehead atoms. The molecule has 0 aliphatic carbocycles. The number of amides is 2. The number of hydrogen-bond acceptors (Lipinski definition) is 6. The van der Waals surface area contributed by atoms with Gasteiger partial charge < -0.3 is 20.1 Å². The van der Waals surface area contributed by atoms with E-state index in [1.807, 2.05) is 24.3 Å². The van der Waals surface area contributed by atoms with E-state index in [4.69, 9.17) is 9.47 Å². The molecule has 2 amide bonds. The molecule has 144 valence electrons. The number of anilines is 2. The molecule has 2 N–H and O–H groups in total. The quantitative estimate of drug-likeness (QED) is 0.655. The summed E-state index contributed by atoms with van der Waals surface area (Å²) in [5, 5.41) is 7.82. The van der Waals surface area contributed by atoms with Crippen molar-refractivity contribution >= 4 is 34.5 Å². The van der Waals surface area contributed by atoms with Gasteiger partial charge in [-0.15, -0.1) is 11.3 Å². The van der Waals surface area contributed by atoms with Crippen LogP contribution in [0.15, 0.2) is 47.8 Å². The number of hydrogen-bond donors (Lipinski definition) is 2. The topological polar surface area (TPSA) is 89.6 Å². The van der Waals surface area contributed by atoms with E-state index < -0.39 is 5.91 Å². The van der Waals surface area contributed by atoms with E-state index in [-0.39, 0.29) is 11.6 Å². The molecule has 28 heavy (non-hydrogen) atoms. The molecule has 3 rings (SSSR count). The van der Waals surface area contributed by atoms with Crippen LogP contribution in [0.2, 0.25) is 0 Å². The molecule has 7 nitrogen and oxygen atoms in total. The van der Waals surface area contributed by atoms with Gasteiger partial charge in [0.25, 0.3) is 5.91 Å². The molecule has 0 atom stereocenters. The summed E-state index contributed by atoms with van der Waals surface area (Å²) in [6.45, 7) is 1.40. The summed E-state index contributed by atoms with van der Waals surface area (Å²) < 4.78 is 10.6. The van der Waals surface area contributed by atoms with Gasteiger partial charge in [0.2, 0.25) is 5.91 Å². The van der Waals surface area contributed by atoms with Crippen LogP contribution >= 0.6 is 11.3 Å². The van der Waals surface area contributed by atoms with E-state index in [0.29, 0.717) is 27.9 Å². The number of benzene rings is 2. The van der Waals surface area contributed by atoms with Crippen molar-refractivity contribution in [2.24, 2.45) is 0 Å². The zero-order valence-corrected chi connectivity index (χ0v) is 16.4. The standard InChI is InChI=1S/C20H19N3O4S/c1-12(24)21-15-9-8-13(26-2)10-16(15)22-19(25)17-11-28-20(23-17)14-6-4-5-7-18(14)27-3/h4-11H,1-3H3,(H,21,24)(H,22,25). The Morgan fingerprint density at radius 1 is 1.00 bits per heavy atom. The van der Waals surface area contributed by atoms with Gasteiger partial charge in [-0.25, -0.2) is 4.98 Å². The third kappa shape index (κ3) is 4.29. The van der Waals surface area contributed by atoms with E-state index in [2.05, 4.69) is 15.6 Å². The zero-order chi connectivity index (χ0) is 20.1. The van der Waals surface area contributed by atoms with Gasteiger partial charge in [-0.05, 0) is 24.3 Å². The van der Waals surface area contributed by atoms with Gasteiger partial charge in [-0.2, -0.15) is 0 Å². The Labute approximate surface area is 166 Å². The number of nitrogens with one attached hydrogen (secondary N) is 2. The van der Waals surface area contributed by atoms with E-state index in [0.717, 1.165) is 5.56 Å². The van der Waals surface area contributed by atoms with Crippen molar-refractivity contribution in [3.8, 4) is 22.1 Å². The van der Waals surface area contributed by atoms with Crippen molar-refractivity contribution in [2.75, 3.05) is 24.9 Å². The highest BCUT2D eigenvalue weighted by molar-refractivity contribution is 7.13. The summed E-state index contributed by atoms with van der Waals surface area (Å²) in [6.07, 6.45) is 0. The van der Waals surface area contributed by atoms with E-state index in [1.165, 1.54) is 25.4 Å². The van der Waals surface area contributed by atoms with Crippen LogP contribution in [0.4, 0.5) is 11.4 Å². The van der Waals surface area contributed by atoms with Crippen molar-refractivity contribution in [3.63, 3.8) is 0 Å². The molecule has 3 aromatic rings. The number of carbonyl (C=O) groups excluding carboxylic acids is 2. The lowest BCUT2D eigenvalue weighted by atomic mass is 10.2. The summed E-state index contributed by atoms with van der Waals surface area (Å²) in [5.41, 5.74) is 1.98. The Kier molecular flexibility index (Phi) is 5.90. The van der Waals surface area contributed by atoms with Gasteiger partial charge in [0, 0.05) is 18.4 Å². The van der Waals surface area contributed by atoms with Crippen molar-refractivity contribution in [3.05, 3.63) is 53.5 Å². The molecule has 0 radical (unpaired) electrons. The first kappa shape index (κ1) is 19.4. The predicted octanol–water partition coefficient (Wildman–Crippen LogP) is 4.04. The fourth-order valence-electron chi connectivity index (χ4n) is 2.56. The molecule has 8 heteroatoms. The summed E-state index contributed by atoms with van der Waals surface area (Å²) in [7, 11) is 3.12. The minimum atomic E-state index is -0.391. The highest BCUT2D eigenvalue weighted by Crippen LogP contribution is 2.32. The Morgan fingerprint density at radius 3 is 2.50 bits per heavy atom. The third-order valence-electron chi connectivity index (χ3n) is 3.86. The first-order valence-electron chi connectivity index (χ1n) is 8.37. The SMILES string of the molecule is COc1ccc(NC(C)=O)c(NC(=O)c2csc(-c3ccccc3OC)n2)c1. The van der Waals surface area contributed by atoms with Crippen molar-refractivity contribution < 1.29 is 19.1 Å². The molecular formula is C20H19N3O4S. The van der Waals surface area contributed by atoms with Crippen molar-refractivity contribution in [1.82, 2.24) is 4.98 Å². The molecule has 1 aromatic heterocycles. The van der Waals surface area contributed by atoms with Gasteiger partial charge >= 0.3 is 0 Å². The third-order valence-corrected chi connectivity index (χ3v) is 4.74. The van der Waals surface area contributed by atoms with Gasteiger partial charge in [-0.3, -0.25) is 9.59 Å². The maximum Gasteiger partial charge on any atom is 0.275 e. The number of para-hydroxylation sites is 1. The van der Waals surface area contributed by atoms with Crippen LogP contribution in [0.5, 0.6) is 11.5 Å². The molecule has 0 saturated carbocycles. The molecular weight excluding hydrogens is 378 g/mol. The summed E-state index contributed by atoms with van der Waals surface area (Å²) in [4.78, 5) is 28.5. The highest BCUT2D eigenvalue weighted by atomic mass is 32.1. The maximum atomic E-state index is 12.7. The Balaban J connectivity index is 1.86. The number of rotatable bonds is 6. The van der Waals surface area contributed by atoms with Crippen LogP contribution in [-0.4, -0.2) is 31.0 Å². The van der Waals surface area contributed by atoms with Crippen LogP contribution in [0, 0.1) is 0 Å². The summed E-state index contributed by atoms with van der Waals surface area (Å²) in [6, 6.07) is 12.5. The lowest BCUT2D eigenvalue weighted by molar-refractivity contribution is -0.114. The second kappa shape index (κ2) is 8.53. The monoisotopic (exact) mass is 397 g/mol. The first-order chi connectivity index (χ1) is 13.5. The Hall–Kier alpha value is -3.39. The Morgan fingerprint density at radius 2 is 1.79 bits per heavy atom. The number of methoxy groups -OCH3 is 2. The number of ether oxygens (including phenoxy) is 2. The normalized spacial score (nSPS) is 10.2. The fourth-order valence-corrected chi connectivity index (χ4v) is 3.39. The van der Waals surface area contributed by atoms with Crippen molar-refractivity contribution in [2.45, 2.75) is 6.92 Å². The van der Waals surface area contributed by atoms with Crippen LogP contribution < -0.4 is 20.1 Å². The van der Waals surface area contributed by atoms with Gasteiger partial charge in [-0.1, -0.05) is 12.1 Å². The molecule has 1 heterocycles. The average Bonchev–Trinajstić information content (AvgIpc) is 3.19. The van der Waals surface area contributed by atoms with Gasteiger partial charge in [0.05, 0.1) is 31.2 Å². The maximum absolute atomic E-state index is 12.7. The molecule has 0 unspecified atom stereocenters.